The second kappa shape index (κ2) is 8.68. The van der Waals surface area contributed by atoms with Crippen molar-refractivity contribution in [3.8, 4) is 11.5 Å². The van der Waals surface area contributed by atoms with Crippen LogP contribution in [0.2, 0.25) is 0 Å². The first kappa shape index (κ1) is 18.9. The molecular formula is C21H24N2O4. The summed E-state index contributed by atoms with van der Waals surface area (Å²) in [5.41, 5.74) is 1.58. The van der Waals surface area contributed by atoms with Crippen LogP contribution >= 0.6 is 0 Å². The van der Waals surface area contributed by atoms with Crippen molar-refractivity contribution >= 4 is 11.8 Å². The number of nitrogens with one attached hydrogen (secondary N) is 1. The van der Waals surface area contributed by atoms with Gasteiger partial charge in [0.1, 0.15) is 11.5 Å². The highest BCUT2D eigenvalue weighted by atomic mass is 16.5. The molecule has 142 valence electrons. The van der Waals surface area contributed by atoms with E-state index in [1.54, 1.807) is 38.5 Å². The Morgan fingerprint density at radius 3 is 2.19 bits per heavy atom. The van der Waals surface area contributed by atoms with Gasteiger partial charge >= 0.3 is 0 Å². The molecule has 1 saturated heterocycles. The maximum atomic E-state index is 12.4. The lowest BCUT2D eigenvalue weighted by Crippen LogP contribution is -2.39. The van der Waals surface area contributed by atoms with E-state index in [2.05, 4.69) is 10.2 Å². The first-order valence-corrected chi connectivity index (χ1v) is 8.97. The molecule has 0 unspecified atom stereocenters. The van der Waals surface area contributed by atoms with E-state index in [0.717, 1.165) is 30.7 Å². The molecule has 27 heavy (non-hydrogen) atoms. The fraction of sp³-hybridized carbons (Fsp3) is 0.333. The molecule has 3 rings (SSSR count). The van der Waals surface area contributed by atoms with Crippen molar-refractivity contribution in [2.45, 2.75) is 18.9 Å². The van der Waals surface area contributed by atoms with Crippen LogP contribution in [0, 0.1) is 0 Å². The van der Waals surface area contributed by atoms with E-state index in [-0.39, 0.29) is 18.5 Å². The van der Waals surface area contributed by atoms with E-state index in [1.165, 1.54) is 0 Å². The van der Waals surface area contributed by atoms with Crippen LogP contribution < -0.4 is 14.8 Å². The third-order valence-electron chi connectivity index (χ3n) is 4.82. The van der Waals surface area contributed by atoms with E-state index in [4.69, 9.17) is 9.47 Å². The molecule has 2 amide bonds. The van der Waals surface area contributed by atoms with Crippen LogP contribution in [-0.4, -0.2) is 44.0 Å². The first-order valence-electron chi connectivity index (χ1n) is 8.97. The first-order chi connectivity index (χ1) is 13.1. The quantitative estimate of drug-likeness (QED) is 0.849. The van der Waals surface area contributed by atoms with Crippen LogP contribution in [0.3, 0.4) is 0 Å². The Morgan fingerprint density at radius 1 is 1.00 bits per heavy atom. The number of carbonyl (C=O) groups is 2. The predicted molar refractivity (Wildman–Crippen MR) is 102 cm³/mol. The summed E-state index contributed by atoms with van der Waals surface area (Å²) in [6.45, 7) is 1.03. The summed E-state index contributed by atoms with van der Waals surface area (Å²) in [7, 11) is 3.20. The predicted octanol–water partition coefficient (Wildman–Crippen LogP) is 2.80. The van der Waals surface area contributed by atoms with Gasteiger partial charge in [-0.1, -0.05) is 12.1 Å². The van der Waals surface area contributed by atoms with Gasteiger partial charge in [-0.25, -0.2) is 0 Å². The number of benzene rings is 2. The summed E-state index contributed by atoms with van der Waals surface area (Å²) in [6, 6.07) is 14.8. The molecule has 1 fully saturated rings. The minimum atomic E-state index is -0.400. The second-order valence-corrected chi connectivity index (χ2v) is 6.51. The number of hydrogen-bond donors (Lipinski definition) is 1. The molecule has 0 radical (unpaired) electrons. The summed E-state index contributed by atoms with van der Waals surface area (Å²) in [4.78, 5) is 26.7. The Kier molecular flexibility index (Phi) is 6.08. The third kappa shape index (κ3) is 4.65. The van der Waals surface area contributed by atoms with E-state index in [0.29, 0.717) is 11.3 Å². The Morgan fingerprint density at radius 2 is 1.59 bits per heavy atom. The smallest absolute Gasteiger partial charge is 0.257 e. The topological polar surface area (TPSA) is 67.9 Å². The summed E-state index contributed by atoms with van der Waals surface area (Å²) >= 11 is 0. The Bertz CT molecular complexity index is 787. The van der Waals surface area contributed by atoms with Gasteiger partial charge in [-0.05, 0) is 61.3 Å². The maximum absolute atomic E-state index is 12.4. The van der Waals surface area contributed by atoms with Crippen LogP contribution in [0.25, 0.3) is 0 Å². The largest absolute Gasteiger partial charge is 0.497 e. The van der Waals surface area contributed by atoms with Crippen LogP contribution in [0.1, 0.15) is 34.8 Å². The zero-order valence-corrected chi connectivity index (χ0v) is 15.6. The van der Waals surface area contributed by atoms with Gasteiger partial charge in [-0.2, -0.15) is 0 Å². The molecule has 1 atom stereocenters. The molecule has 2 aromatic carbocycles. The highest BCUT2D eigenvalue weighted by Gasteiger charge is 2.28. The number of amides is 2. The van der Waals surface area contributed by atoms with E-state index >= 15 is 0 Å². The summed E-state index contributed by atoms with van der Waals surface area (Å²) in [5, 5.41) is 2.47. The lowest BCUT2D eigenvalue weighted by molar-refractivity contribution is -0.121. The molecule has 1 heterocycles. The molecule has 2 aromatic rings. The molecule has 0 aliphatic carbocycles. The number of rotatable bonds is 6. The Hall–Kier alpha value is -2.86. The van der Waals surface area contributed by atoms with Gasteiger partial charge in [0.15, 0.2) is 0 Å². The number of nitrogens with zero attached hydrogens (tertiary/aromatic N) is 1. The average molecular weight is 368 g/mol. The number of imide groups is 1. The molecule has 0 saturated carbocycles. The van der Waals surface area contributed by atoms with Crippen LogP contribution in [0.15, 0.2) is 48.5 Å². The number of hydrogen-bond acceptors (Lipinski definition) is 5. The highest BCUT2D eigenvalue weighted by molar-refractivity contribution is 6.05. The zero-order chi connectivity index (χ0) is 19.2. The number of methoxy groups -OCH3 is 2. The Balaban J connectivity index is 1.59. The van der Waals surface area contributed by atoms with Crippen LogP contribution in [-0.2, 0) is 4.79 Å². The molecule has 6 nitrogen and oxygen atoms in total. The van der Waals surface area contributed by atoms with Crippen molar-refractivity contribution in [2.75, 3.05) is 27.3 Å². The van der Waals surface area contributed by atoms with Gasteiger partial charge < -0.3 is 9.47 Å². The van der Waals surface area contributed by atoms with Crippen molar-refractivity contribution in [1.29, 1.82) is 0 Å². The fourth-order valence-corrected chi connectivity index (χ4v) is 3.38. The highest BCUT2D eigenvalue weighted by Crippen LogP contribution is 2.32. The molecule has 0 bridgehead atoms. The van der Waals surface area contributed by atoms with Gasteiger partial charge in [0.25, 0.3) is 5.91 Å². The zero-order valence-electron chi connectivity index (χ0n) is 15.6. The molecule has 0 aromatic heterocycles. The maximum Gasteiger partial charge on any atom is 0.257 e. The number of ether oxygens (including phenoxy) is 2. The lowest BCUT2D eigenvalue weighted by Gasteiger charge is -2.24. The molecule has 1 aliphatic heterocycles. The van der Waals surface area contributed by atoms with Crippen molar-refractivity contribution in [3.05, 3.63) is 59.7 Å². The third-order valence-corrected chi connectivity index (χ3v) is 4.82. The van der Waals surface area contributed by atoms with Crippen molar-refractivity contribution in [2.24, 2.45) is 0 Å². The van der Waals surface area contributed by atoms with Gasteiger partial charge in [0.05, 0.1) is 20.8 Å². The standard InChI is InChI=1S/C21H24N2O4/c1-26-17-9-5-15(6-10-17)19-4-3-13-23(19)14-20(24)22-21(25)16-7-11-18(27-2)12-8-16/h5-12,19H,3-4,13-14H2,1-2H3,(H,22,24,25)/t19-/m1/s1. The van der Waals surface area contributed by atoms with Crippen molar-refractivity contribution in [3.63, 3.8) is 0 Å². The summed E-state index contributed by atoms with van der Waals surface area (Å²) in [5.74, 6) is 0.780. The van der Waals surface area contributed by atoms with E-state index < -0.39 is 5.91 Å². The van der Waals surface area contributed by atoms with Crippen molar-refractivity contribution in [1.82, 2.24) is 10.2 Å². The fourth-order valence-electron chi connectivity index (χ4n) is 3.38. The van der Waals surface area contributed by atoms with Gasteiger partial charge in [0.2, 0.25) is 5.91 Å². The monoisotopic (exact) mass is 368 g/mol. The Labute approximate surface area is 159 Å². The molecular weight excluding hydrogens is 344 g/mol. The van der Waals surface area contributed by atoms with Crippen LogP contribution in [0.5, 0.6) is 11.5 Å². The number of likely N-dealkylation sites (tertiary alicyclic amines) is 1. The SMILES string of the molecule is COc1ccc(C(=O)NC(=O)CN2CCC[C@@H]2c2ccc(OC)cc2)cc1. The van der Waals surface area contributed by atoms with E-state index in [1.807, 2.05) is 24.3 Å². The van der Waals surface area contributed by atoms with Gasteiger partial charge in [-0.15, -0.1) is 0 Å². The van der Waals surface area contributed by atoms with Gasteiger partial charge in [0, 0.05) is 11.6 Å². The normalized spacial score (nSPS) is 16.7. The number of carbonyl (C=O) groups excluding carboxylic acids is 2. The molecule has 1 aliphatic rings. The molecule has 1 N–H and O–H groups in total. The lowest BCUT2D eigenvalue weighted by atomic mass is 10.0. The van der Waals surface area contributed by atoms with Crippen molar-refractivity contribution < 1.29 is 19.1 Å². The van der Waals surface area contributed by atoms with Gasteiger partial charge in [-0.3, -0.25) is 19.8 Å². The summed E-state index contributed by atoms with van der Waals surface area (Å²) < 4.78 is 10.3. The average Bonchev–Trinajstić information content (AvgIpc) is 3.16. The summed E-state index contributed by atoms with van der Waals surface area (Å²) in [6.07, 6.45) is 2.02. The molecule has 6 heteroatoms. The second-order valence-electron chi connectivity index (χ2n) is 6.51. The van der Waals surface area contributed by atoms with Crippen LogP contribution in [0.4, 0.5) is 0 Å². The minimum Gasteiger partial charge on any atom is -0.497 e. The minimum absolute atomic E-state index is 0.178. The van der Waals surface area contributed by atoms with E-state index in [9.17, 15) is 9.59 Å². The molecule has 0 spiro atoms.